The molecule has 1 heterocycles. The summed E-state index contributed by atoms with van der Waals surface area (Å²) >= 11 is 0. The number of nitrogens with zero attached hydrogens (tertiary/aromatic N) is 2. The number of carbonyl (C=O) groups excluding carboxylic acids is 1. The molecule has 1 amide bonds. The fourth-order valence-corrected chi connectivity index (χ4v) is 2.82. The molecule has 0 aliphatic carbocycles. The first-order valence-electron chi connectivity index (χ1n) is 8.71. The van der Waals surface area contributed by atoms with Gasteiger partial charge in [-0.05, 0) is 37.3 Å². The maximum Gasteiger partial charge on any atom is 0.243 e. The van der Waals surface area contributed by atoms with Crippen LogP contribution < -0.4 is 10.1 Å². The van der Waals surface area contributed by atoms with Gasteiger partial charge in [-0.1, -0.05) is 36.4 Å². The highest BCUT2D eigenvalue weighted by molar-refractivity contribution is 5.86. The van der Waals surface area contributed by atoms with E-state index in [1.54, 1.807) is 0 Å². The van der Waals surface area contributed by atoms with Crippen molar-refractivity contribution >= 4 is 16.9 Å². The molecule has 0 fully saturated rings. The average Bonchev–Trinajstić information content (AvgIpc) is 3.01. The molecule has 0 bridgehead atoms. The summed E-state index contributed by atoms with van der Waals surface area (Å²) in [5.74, 6) is 1.62. The van der Waals surface area contributed by atoms with Gasteiger partial charge in [-0.2, -0.15) is 0 Å². The number of aromatic nitrogens is 2. The molecular formula is C21H23N3O2. The van der Waals surface area contributed by atoms with Crippen molar-refractivity contribution < 1.29 is 9.53 Å². The van der Waals surface area contributed by atoms with Crippen LogP contribution in [0.25, 0.3) is 11.0 Å². The van der Waals surface area contributed by atoms with Crippen LogP contribution in [0, 0.1) is 6.92 Å². The second kappa shape index (κ2) is 8.34. The number of benzene rings is 2. The molecule has 0 spiro atoms. The van der Waals surface area contributed by atoms with Crippen LogP contribution >= 0.6 is 0 Å². The fourth-order valence-electron chi connectivity index (χ4n) is 2.82. The maximum atomic E-state index is 11.3. The Labute approximate surface area is 153 Å². The van der Waals surface area contributed by atoms with Gasteiger partial charge in [-0.25, -0.2) is 4.98 Å². The van der Waals surface area contributed by atoms with Crippen LogP contribution in [0.4, 0.5) is 0 Å². The predicted molar refractivity (Wildman–Crippen MR) is 103 cm³/mol. The number of para-hydroxylation sites is 2. The number of rotatable bonds is 8. The highest BCUT2D eigenvalue weighted by atomic mass is 16.5. The van der Waals surface area contributed by atoms with Crippen LogP contribution in [0.3, 0.4) is 0 Å². The Morgan fingerprint density at radius 3 is 2.77 bits per heavy atom. The lowest BCUT2D eigenvalue weighted by molar-refractivity contribution is -0.116. The fraction of sp³-hybridized carbons (Fsp3) is 0.238. The maximum absolute atomic E-state index is 11.3. The summed E-state index contributed by atoms with van der Waals surface area (Å²) in [7, 11) is 0. The van der Waals surface area contributed by atoms with E-state index in [4.69, 9.17) is 9.72 Å². The highest BCUT2D eigenvalue weighted by Crippen LogP contribution is 2.17. The molecule has 3 rings (SSSR count). The van der Waals surface area contributed by atoms with Gasteiger partial charge in [0, 0.05) is 13.0 Å². The molecule has 2 aromatic carbocycles. The molecule has 5 heteroatoms. The lowest BCUT2D eigenvalue weighted by Crippen LogP contribution is -2.24. The summed E-state index contributed by atoms with van der Waals surface area (Å²) in [6, 6.07) is 16.1. The van der Waals surface area contributed by atoms with Crippen molar-refractivity contribution in [3.05, 3.63) is 72.6 Å². The summed E-state index contributed by atoms with van der Waals surface area (Å²) in [5, 5.41) is 2.80. The second-order valence-corrected chi connectivity index (χ2v) is 6.08. The van der Waals surface area contributed by atoms with E-state index in [1.165, 1.54) is 11.6 Å². The van der Waals surface area contributed by atoms with Crippen molar-refractivity contribution in [1.29, 1.82) is 0 Å². The Morgan fingerprint density at radius 1 is 1.23 bits per heavy atom. The molecule has 3 aromatic rings. The van der Waals surface area contributed by atoms with Gasteiger partial charge in [0.15, 0.2) is 0 Å². The molecule has 1 aromatic heterocycles. The molecule has 0 radical (unpaired) electrons. The van der Waals surface area contributed by atoms with E-state index < -0.39 is 0 Å². The van der Waals surface area contributed by atoms with Crippen molar-refractivity contribution in [2.24, 2.45) is 0 Å². The van der Waals surface area contributed by atoms with E-state index in [-0.39, 0.29) is 5.91 Å². The molecule has 134 valence electrons. The first-order valence-corrected chi connectivity index (χ1v) is 8.71. The molecule has 0 unspecified atom stereocenters. The van der Waals surface area contributed by atoms with E-state index >= 15 is 0 Å². The van der Waals surface area contributed by atoms with E-state index in [0.717, 1.165) is 22.6 Å². The average molecular weight is 349 g/mol. The normalized spacial score (nSPS) is 10.7. The zero-order valence-electron chi connectivity index (χ0n) is 14.9. The number of nitrogens with one attached hydrogen (secondary N) is 1. The van der Waals surface area contributed by atoms with E-state index in [2.05, 4.69) is 29.5 Å². The van der Waals surface area contributed by atoms with Crippen molar-refractivity contribution in [1.82, 2.24) is 14.9 Å². The SMILES string of the molecule is C=CC(=O)NCCc1nc2ccccc2n1CCOc1ccc(C)cc1. The molecule has 0 aliphatic rings. The third kappa shape index (κ3) is 4.30. The molecule has 1 N–H and O–H groups in total. The minimum Gasteiger partial charge on any atom is -0.492 e. The van der Waals surface area contributed by atoms with Gasteiger partial charge in [0.05, 0.1) is 17.6 Å². The Morgan fingerprint density at radius 2 is 2.00 bits per heavy atom. The predicted octanol–water partition coefficient (Wildman–Crippen LogP) is 3.27. The first-order chi connectivity index (χ1) is 12.7. The van der Waals surface area contributed by atoms with Crippen molar-refractivity contribution in [2.75, 3.05) is 13.2 Å². The number of imidazole rings is 1. The van der Waals surface area contributed by atoms with Crippen LogP contribution in [-0.4, -0.2) is 28.6 Å². The summed E-state index contributed by atoms with van der Waals surface area (Å²) in [5.41, 5.74) is 3.24. The third-order valence-corrected chi connectivity index (χ3v) is 4.17. The van der Waals surface area contributed by atoms with Gasteiger partial charge in [-0.3, -0.25) is 4.79 Å². The second-order valence-electron chi connectivity index (χ2n) is 6.08. The molecule has 5 nitrogen and oxygen atoms in total. The van der Waals surface area contributed by atoms with E-state index in [1.807, 2.05) is 42.5 Å². The molecule has 0 saturated carbocycles. The number of hydrogen-bond donors (Lipinski definition) is 1. The number of amides is 1. The highest BCUT2D eigenvalue weighted by Gasteiger charge is 2.10. The molecule has 0 atom stereocenters. The zero-order chi connectivity index (χ0) is 18.4. The van der Waals surface area contributed by atoms with Gasteiger partial charge >= 0.3 is 0 Å². The minimum atomic E-state index is -0.171. The van der Waals surface area contributed by atoms with Crippen molar-refractivity contribution in [2.45, 2.75) is 19.9 Å². The minimum absolute atomic E-state index is 0.171. The lowest BCUT2D eigenvalue weighted by atomic mass is 10.2. The summed E-state index contributed by atoms with van der Waals surface area (Å²) < 4.78 is 8.02. The first kappa shape index (κ1) is 17.7. The largest absolute Gasteiger partial charge is 0.492 e. The number of carbonyl (C=O) groups is 1. The topological polar surface area (TPSA) is 56.2 Å². The summed E-state index contributed by atoms with van der Waals surface area (Å²) in [4.78, 5) is 16.0. The number of ether oxygens (including phenoxy) is 1. The van der Waals surface area contributed by atoms with Crippen LogP contribution in [-0.2, 0) is 17.8 Å². The van der Waals surface area contributed by atoms with Crippen molar-refractivity contribution in [3.8, 4) is 5.75 Å². The van der Waals surface area contributed by atoms with E-state index in [0.29, 0.717) is 26.1 Å². The number of aryl methyl sites for hydroxylation is 1. The van der Waals surface area contributed by atoms with Gasteiger partial charge < -0.3 is 14.6 Å². The number of hydrogen-bond acceptors (Lipinski definition) is 3. The molecular weight excluding hydrogens is 326 g/mol. The quantitative estimate of drug-likeness (QED) is 0.635. The zero-order valence-corrected chi connectivity index (χ0v) is 14.9. The standard InChI is InChI=1S/C21H23N3O2/c1-3-21(25)22-13-12-20-23-18-6-4-5-7-19(18)24(20)14-15-26-17-10-8-16(2)9-11-17/h3-11H,1,12-15H2,2H3,(H,22,25). The van der Waals surface area contributed by atoms with Gasteiger partial charge in [-0.15, -0.1) is 0 Å². The smallest absolute Gasteiger partial charge is 0.243 e. The molecule has 0 saturated heterocycles. The van der Waals surface area contributed by atoms with Crippen LogP contribution in [0.5, 0.6) is 5.75 Å². The Bertz CT molecular complexity index is 897. The lowest BCUT2D eigenvalue weighted by Gasteiger charge is -2.11. The van der Waals surface area contributed by atoms with Gasteiger partial charge in [0.1, 0.15) is 18.2 Å². The number of fused-ring (bicyclic) bond motifs is 1. The monoisotopic (exact) mass is 349 g/mol. The van der Waals surface area contributed by atoms with Crippen LogP contribution in [0.2, 0.25) is 0 Å². The Balaban J connectivity index is 1.70. The summed E-state index contributed by atoms with van der Waals surface area (Å²) in [6.45, 7) is 7.28. The molecule has 0 aliphatic heterocycles. The summed E-state index contributed by atoms with van der Waals surface area (Å²) in [6.07, 6.45) is 1.93. The van der Waals surface area contributed by atoms with Gasteiger partial charge in [0.25, 0.3) is 0 Å². The van der Waals surface area contributed by atoms with Crippen LogP contribution in [0.15, 0.2) is 61.2 Å². The van der Waals surface area contributed by atoms with Crippen LogP contribution in [0.1, 0.15) is 11.4 Å². The Hall–Kier alpha value is -3.08. The van der Waals surface area contributed by atoms with Gasteiger partial charge in [0.2, 0.25) is 5.91 Å². The molecule has 26 heavy (non-hydrogen) atoms. The third-order valence-electron chi connectivity index (χ3n) is 4.17. The Kier molecular flexibility index (Phi) is 5.69. The van der Waals surface area contributed by atoms with E-state index in [9.17, 15) is 4.79 Å². The van der Waals surface area contributed by atoms with Crippen molar-refractivity contribution in [3.63, 3.8) is 0 Å².